The molecule has 1 atom stereocenters. The summed E-state index contributed by atoms with van der Waals surface area (Å²) < 4.78 is 18.3. The summed E-state index contributed by atoms with van der Waals surface area (Å²) in [6.45, 7) is 3.54. The van der Waals surface area contributed by atoms with Crippen LogP contribution in [0, 0.1) is 6.92 Å². The third-order valence-electron chi connectivity index (χ3n) is 2.81. The van der Waals surface area contributed by atoms with E-state index in [-0.39, 0.29) is 6.54 Å². The molecule has 0 spiro atoms. The number of hydrogen-bond acceptors (Lipinski definition) is 2. The molecule has 0 aromatic heterocycles. The molecule has 0 amide bonds. The van der Waals surface area contributed by atoms with Crippen molar-refractivity contribution in [2.75, 3.05) is 20.3 Å². The SMILES string of the molecule is COc1c(C)cccc1C(C)(CN)CF. The summed E-state index contributed by atoms with van der Waals surface area (Å²) in [5.41, 5.74) is 6.82. The van der Waals surface area contributed by atoms with Crippen LogP contribution in [0.25, 0.3) is 0 Å². The van der Waals surface area contributed by atoms with Crippen LogP contribution in [0.1, 0.15) is 18.1 Å². The average molecular weight is 211 g/mol. The molecule has 15 heavy (non-hydrogen) atoms. The van der Waals surface area contributed by atoms with E-state index in [1.165, 1.54) is 0 Å². The highest BCUT2D eigenvalue weighted by Crippen LogP contribution is 2.33. The minimum absolute atomic E-state index is 0.267. The average Bonchev–Trinajstić information content (AvgIpc) is 2.27. The molecule has 3 heteroatoms. The zero-order valence-electron chi connectivity index (χ0n) is 9.51. The van der Waals surface area contributed by atoms with Gasteiger partial charge in [-0.05, 0) is 12.5 Å². The van der Waals surface area contributed by atoms with Gasteiger partial charge in [-0.2, -0.15) is 0 Å². The van der Waals surface area contributed by atoms with Gasteiger partial charge in [-0.25, -0.2) is 0 Å². The van der Waals surface area contributed by atoms with Crippen LogP contribution < -0.4 is 10.5 Å². The van der Waals surface area contributed by atoms with Crippen molar-refractivity contribution in [3.05, 3.63) is 29.3 Å². The Morgan fingerprint density at radius 3 is 2.60 bits per heavy atom. The van der Waals surface area contributed by atoms with Crippen molar-refractivity contribution in [1.82, 2.24) is 0 Å². The number of alkyl halides is 1. The number of methoxy groups -OCH3 is 1. The molecule has 0 aliphatic carbocycles. The number of halogens is 1. The summed E-state index contributed by atoms with van der Waals surface area (Å²) in [4.78, 5) is 0. The van der Waals surface area contributed by atoms with E-state index in [9.17, 15) is 4.39 Å². The lowest BCUT2D eigenvalue weighted by molar-refractivity contribution is 0.317. The van der Waals surface area contributed by atoms with Crippen LogP contribution >= 0.6 is 0 Å². The summed E-state index contributed by atoms with van der Waals surface area (Å²) in [5, 5.41) is 0. The molecule has 0 heterocycles. The maximum absolute atomic E-state index is 13.0. The van der Waals surface area contributed by atoms with E-state index < -0.39 is 12.1 Å². The van der Waals surface area contributed by atoms with Crippen LogP contribution in [0.3, 0.4) is 0 Å². The van der Waals surface area contributed by atoms with Crippen molar-refractivity contribution < 1.29 is 9.13 Å². The van der Waals surface area contributed by atoms with Crippen molar-refractivity contribution >= 4 is 0 Å². The van der Waals surface area contributed by atoms with Gasteiger partial charge < -0.3 is 10.5 Å². The van der Waals surface area contributed by atoms with Crippen molar-refractivity contribution in [2.45, 2.75) is 19.3 Å². The molecule has 2 N–H and O–H groups in total. The zero-order chi connectivity index (χ0) is 11.5. The van der Waals surface area contributed by atoms with Crippen molar-refractivity contribution in [2.24, 2.45) is 5.73 Å². The summed E-state index contributed by atoms with van der Waals surface area (Å²) in [6.07, 6.45) is 0. The van der Waals surface area contributed by atoms with E-state index in [0.717, 1.165) is 16.9 Å². The molecule has 1 unspecified atom stereocenters. The summed E-state index contributed by atoms with van der Waals surface area (Å²) >= 11 is 0. The molecule has 0 radical (unpaired) electrons. The van der Waals surface area contributed by atoms with Crippen LogP contribution in [-0.2, 0) is 5.41 Å². The highest BCUT2D eigenvalue weighted by molar-refractivity contribution is 5.45. The summed E-state index contributed by atoms with van der Waals surface area (Å²) in [6, 6.07) is 5.71. The van der Waals surface area contributed by atoms with Crippen LogP contribution in [0.15, 0.2) is 18.2 Å². The summed E-state index contributed by atoms with van der Waals surface area (Å²) in [5.74, 6) is 0.739. The smallest absolute Gasteiger partial charge is 0.125 e. The van der Waals surface area contributed by atoms with Crippen LogP contribution in [0.4, 0.5) is 4.39 Å². The van der Waals surface area contributed by atoms with E-state index in [1.807, 2.05) is 32.0 Å². The number of rotatable bonds is 4. The Bertz CT molecular complexity index is 334. The Balaban J connectivity index is 3.29. The van der Waals surface area contributed by atoms with Gasteiger partial charge >= 0.3 is 0 Å². The van der Waals surface area contributed by atoms with Crippen LogP contribution in [0.2, 0.25) is 0 Å². The standard InChI is InChI=1S/C12H18FNO/c1-9-5-4-6-10(11(9)15-3)12(2,7-13)8-14/h4-6H,7-8,14H2,1-3H3. The maximum atomic E-state index is 13.0. The molecule has 0 fully saturated rings. The van der Waals surface area contributed by atoms with E-state index >= 15 is 0 Å². The molecule has 84 valence electrons. The lowest BCUT2D eigenvalue weighted by Gasteiger charge is -2.27. The van der Waals surface area contributed by atoms with Gasteiger partial charge in [0.15, 0.2) is 0 Å². The molecule has 1 rings (SSSR count). The normalized spacial score (nSPS) is 14.7. The second kappa shape index (κ2) is 4.62. The fourth-order valence-corrected chi connectivity index (χ4v) is 1.64. The zero-order valence-corrected chi connectivity index (χ0v) is 9.51. The second-order valence-corrected chi connectivity index (χ2v) is 4.05. The topological polar surface area (TPSA) is 35.2 Å². The number of para-hydroxylation sites is 1. The Morgan fingerprint density at radius 1 is 1.47 bits per heavy atom. The minimum atomic E-state index is -0.655. The first-order valence-electron chi connectivity index (χ1n) is 4.99. The molecule has 1 aromatic carbocycles. The van der Waals surface area contributed by atoms with Crippen molar-refractivity contribution in [3.8, 4) is 5.75 Å². The first kappa shape index (κ1) is 12.0. The molecule has 0 aliphatic heterocycles. The lowest BCUT2D eigenvalue weighted by atomic mass is 9.82. The number of aryl methyl sites for hydroxylation is 1. The Hall–Kier alpha value is -1.09. The van der Waals surface area contributed by atoms with E-state index in [1.54, 1.807) is 7.11 Å². The van der Waals surface area contributed by atoms with Gasteiger partial charge in [-0.3, -0.25) is 4.39 Å². The van der Waals surface area contributed by atoms with Gasteiger partial charge in [0.05, 0.1) is 7.11 Å². The molecular weight excluding hydrogens is 193 g/mol. The molecule has 0 aliphatic rings. The van der Waals surface area contributed by atoms with Crippen LogP contribution in [0.5, 0.6) is 5.75 Å². The van der Waals surface area contributed by atoms with Crippen molar-refractivity contribution in [3.63, 3.8) is 0 Å². The first-order chi connectivity index (χ1) is 7.09. The number of nitrogens with two attached hydrogens (primary N) is 1. The fraction of sp³-hybridized carbons (Fsp3) is 0.500. The number of benzene rings is 1. The van der Waals surface area contributed by atoms with Gasteiger partial charge in [0.1, 0.15) is 12.4 Å². The Morgan fingerprint density at radius 2 is 2.13 bits per heavy atom. The van der Waals surface area contributed by atoms with Gasteiger partial charge in [-0.15, -0.1) is 0 Å². The van der Waals surface area contributed by atoms with E-state index in [0.29, 0.717) is 0 Å². The largest absolute Gasteiger partial charge is 0.496 e. The van der Waals surface area contributed by atoms with Crippen molar-refractivity contribution in [1.29, 1.82) is 0 Å². The van der Waals surface area contributed by atoms with E-state index in [2.05, 4.69) is 0 Å². The Labute approximate surface area is 90.2 Å². The first-order valence-corrected chi connectivity index (χ1v) is 4.99. The quantitative estimate of drug-likeness (QED) is 0.828. The van der Waals surface area contributed by atoms with Gasteiger partial charge in [0.25, 0.3) is 0 Å². The second-order valence-electron chi connectivity index (χ2n) is 4.05. The molecule has 0 saturated heterocycles. The minimum Gasteiger partial charge on any atom is -0.496 e. The molecule has 0 saturated carbocycles. The van der Waals surface area contributed by atoms with E-state index in [4.69, 9.17) is 10.5 Å². The highest BCUT2D eigenvalue weighted by atomic mass is 19.1. The van der Waals surface area contributed by atoms with Gasteiger partial charge in [0.2, 0.25) is 0 Å². The predicted molar refractivity (Wildman–Crippen MR) is 60.1 cm³/mol. The predicted octanol–water partition coefficient (Wildman–Crippen LogP) is 2.19. The number of hydrogen-bond donors (Lipinski definition) is 1. The lowest BCUT2D eigenvalue weighted by Crippen LogP contribution is -2.34. The molecule has 0 bridgehead atoms. The summed E-state index contributed by atoms with van der Waals surface area (Å²) in [7, 11) is 1.60. The van der Waals surface area contributed by atoms with Gasteiger partial charge in [0, 0.05) is 17.5 Å². The number of ether oxygens (including phenoxy) is 1. The maximum Gasteiger partial charge on any atom is 0.125 e. The molecule has 2 nitrogen and oxygen atoms in total. The van der Waals surface area contributed by atoms with Crippen LogP contribution in [-0.4, -0.2) is 20.3 Å². The fourth-order valence-electron chi connectivity index (χ4n) is 1.64. The monoisotopic (exact) mass is 211 g/mol. The third-order valence-corrected chi connectivity index (χ3v) is 2.81. The third kappa shape index (κ3) is 2.12. The Kier molecular flexibility index (Phi) is 3.69. The highest BCUT2D eigenvalue weighted by Gasteiger charge is 2.28. The van der Waals surface area contributed by atoms with Gasteiger partial charge in [-0.1, -0.05) is 25.1 Å². The molecular formula is C12H18FNO. The molecule has 1 aromatic rings.